The summed E-state index contributed by atoms with van der Waals surface area (Å²) in [5, 5.41) is 11.3. The number of aromatic nitrogens is 6. The number of hydrogen-bond donors (Lipinski definition) is 1. The first-order valence-corrected chi connectivity index (χ1v) is 13.5. The predicted molar refractivity (Wildman–Crippen MR) is 138 cm³/mol. The Kier molecular flexibility index (Phi) is 5.49. The average molecular weight is 492 g/mol. The minimum atomic E-state index is -0.0243. The molecule has 0 radical (unpaired) electrons. The summed E-state index contributed by atoms with van der Waals surface area (Å²) in [5.41, 5.74) is 8.53. The first-order chi connectivity index (χ1) is 16.7. The third-order valence-corrected chi connectivity index (χ3v) is 8.54. The van der Waals surface area contributed by atoms with Crippen LogP contribution in [0.4, 0.5) is 5.82 Å². The summed E-state index contributed by atoms with van der Waals surface area (Å²) < 4.78 is 3.71. The van der Waals surface area contributed by atoms with E-state index in [1.807, 2.05) is 28.7 Å². The predicted octanol–water partition coefficient (Wildman–Crippen LogP) is 4.60. The van der Waals surface area contributed by atoms with Crippen molar-refractivity contribution in [2.24, 2.45) is 0 Å². The van der Waals surface area contributed by atoms with E-state index in [9.17, 15) is 4.79 Å². The lowest BCUT2D eigenvalue weighted by Gasteiger charge is -2.11. The van der Waals surface area contributed by atoms with Gasteiger partial charge in [0.2, 0.25) is 5.78 Å². The number of thioether (sulfide) groups is 1. The lowest BCUT2D eigenvalue weighted by molar-refractivity contribution is 0.620. The fourth-order valence-corrected chi connectivity index (χ4v) is 6.85. The van der Waals surface area contributed by atoms with Crippen molar-refractivity contribution in [2.45, 2.75) is 62.9 Å². The quantitative estimate of drug-likeness (QED) is 0.346. The van der Waals surface area contributed by atoms with Gasteiger partial charge in [-0.05, 0) is 49.8 Å². The number of anilines is 1. The molecule has 0 aliphatic heterocycles. The maximum Gasteiger partial charge on any atom is 0.262 e. The number of thiophene rings is 1. The molecular weight excluding hydrogens is 466 g/mol. The number of nitrogens with zero attached hydrogens (tertiary/aromatic N) is 6. The summed E-state index contributed by atoms with van der Waals surface area (Å²) in [5.74, 6) is 2.35. The molecule has 4 aromatic heterocycles. The molecule has 0 fully saturated rings. The third kappa shape index (κ3) is 3.47. The molecule has 1 aliphatic carbocycles. The molecule has 0 unspecified atom stereocenters. The number of benzene rings is 1. The van der Waals surface area contributed by atoms with E-state index in [0.29, 0.717) is 40.3 Å². The molecule has 0 amide bonds. The van der Waals surface area contributed by atoms with Crippen molar-refractivity contribution in [3.8, 4) is 0 Å². The Morgan fingerprint density at radius 1 is 1.15 bits per heavy atom. The Hall–Kier alpha value is -2.98. The van der Waals surface area contributed by atoms with Crippen LogP contribution < -0.4 is 11.3 Å². The highest BCUT2D eigenvalue weighted by atomic mass is 32.2. The molecule has 0 saturated heterocycles. The molecule has 174 valence electrons. The van der Waals surface area contributed by atoms with Crippen molar-refractivity contribution in [3.05, 3.63) is 50.9 Å². The minimum absolute atomic E-state index is 0.0243. The van der Waals surface area contributed by atoms with Gasteiger partial charge >= 0.3 is 0 Å². The summed E-state index contributed by atoms with van der Waals surface area (Å²) in [7, 11) is 0. The average Bonchev–Trinajstić information content (AvgIpc) is 3.44. The topological polar surface area (TPSA) is 104 Å². The highest BCUT2D eigenvalue weighted by molar-refractivity contribution is 7.98. The molecule has 1 aliphatic rings. The van der Waals surface area contributed by atoms with Crippen molar-refractivity contribution in [3.63, 3.8) is 0 Å². The van der Waals surface area contributed by atoms with Crippen LogP contribution in [0.5, 0.6) is 0 Å². The van der Waals surface area contributed by atoms with Crippen molar-refractivity contribution in [2.75, 3.05) is 5.73 Å². The van der Waals surface area contributed by atoms with Gasteiger partial charge in [0.05, 0.1) is 22.0 Å². The Labute approximate surface area is 204 Å². The number of unbranched alkanes of at least 4 members (excludes halogenated alkanes) is 1. The first kappa shape index (κ1) is 21.5. The molecule has 2 N–H and O–H groups in total. The lowest BCUT2D eigenvalue weighted by atomic mass is 9.97. The maximum absolute atomic E-state index is 13.1. The van der Waals surface area contributed by atoms with Crippen molar-refractivity contribution in [1.82, 2.24) is 29.1 Å². The van der Waals surface area contributed by atoms with Gasteiger partial charge in [0, 0.05) is 11.4 Å². The highest BCUT2D eigenvalue weighted by Crippen LogP contribution is 2.38. The van der Waals surface area contributed by atoms with Gasteiger partial charge in [0.15, 0.2) is 5.16 Å². The first-order valence-electron chi connectivity index (χ1n) is 11.7. The zero-order valence-electron chi connectivity index (χ0n) is 19.0. The molecule has 34 heavy (non-hydrogen) atoms. The molecule has 0 bridgehead atoms. The van der Waals surface area contributed by atoms with Crippen LogP contribution >= 0.6 is 23.1 Å². The van der Waals surface area contributed by atoms with E-state index in [2.05, 4.69) is 22.1 Å². The SMILES string of the molecule is CCCCn1c(=O)c2ccccc2n2c(SCc3nc(N)c4c5c(sc4n3)CCCC5)nnc12. The molecule has 0 spiro atoms. The van der Waals surface area contributed by atoms with Crippen LogP contribution in [-0.4, -0.2) is 29.1 Å². The van der Waals surface area contributed by atoms with Crippen LogP contribution in [-0.2, 0) is 25.1 Å². The monoisotopic (exact) mass is 491 g/mol. The van der Waals surface area contributed by atoms with Crippen LogP contribution in [0.2, 0.25) is 0 Å². The van der Waals surface area contributed by atoms with Gasteiger partial charge in [-0.25, -0.2) is 9.97 Å². The van der Waals surface area contributed by atoms with Crippen LogP contribution in [0.25, 0.3) is 26.9 Å². The van der Waals surface area contributed by atoms with Crippen LogP contribution in [0.15, 0.2) is 34.2 Å². The van der Waals surface area contributed by atoms with E-state index < -0.39 is 0 Å². The van der Waals surface area contributed by atoms with Gasteiger partial charge in [-0.1, -0.05) is 37.2 Å². The van der Waals surface area contributed by atoms with Gasteiger partial charge in [0.25, 0.3) is 5.56 Å². The van der Waals surface area contributed by atoms with Gasteiger partial charge in [-0.3, -0.25) is 13.8 Å². The lowest BCUT2D eigenvalue weighted by Crippen LogP contribution is -2.23. The Morgan fingerprint density at radius 2 is 2.00 bits per heavy atom. The molecule has 0 saturated carbocycles. The minimum Gasteiger partial charge on any atom is -0.383 e. The van der Waals surface area contributed by atoms with E-state index in [4.69, 9.17) is 10.7 Å². The van der Waals surface area contributed by atoms with Gasteiger partial charge in [-0.15, -0.1) is 21.5 Å². The van der Waals surface area contributed by atoms with Crippen LogP contribution in [0, 0.1) is 0 Å². The highest BCUT2D eigenvalue weighted by Gasteiger charge is 2.21. The molecule has 10 heteroatoms. The number of hydrogen-bond acceptors (Lipinski definition) is 8. The van der Waals surface area contributed by atoms with Crippen LogP contribution in [0.1, 0.15) is 48.9 Å². The summed E-state index contributed by atoms with van der Waals surface area (Å²) in [6.45, 7) is 2.73. The fraction of sp³-hybridized carbons (Fsp3) is 0.375. The van der Waals surface area contributed by atoms with Gasteiger partial charge in [0.1, 0.15) is 16.5 Å². The summed E-state index contributed by atoms with van der Waals surface area (Å²) in [4.78, 5) is 25.0. The zero-order valence-corrected chi connectivity index (χ0v) is 20.6. The second-order valence-corrected chi connectivity index (χ2v) is 10.7. The van der Waals surface area contributed by atoms with Crippen molar-refractivity contribution >= 4 is 55.8 Å². The number of rotatable bonds is 6. The van der Waals surface area contributed by atoms with Crippen molar-refractivity contribution < 1.29 is 0 Å². The van der Waals surface area contributed by atoms with Gasteiger partial charge < -0.3 is 5.73 Å². The summed E-state index contributed by atoms with van der Waals surface area (Å²) in [6, 6.07) is 7.63. The third-order valence-electron chi connectivity index (χ3n) is 6.43. The standard InChI is InChI=1S/C24H25N7OS2/c1-2-3-12-30-22(32)14-8-4-6-10-16(14)31-23(30)28-29-24(31)33-13-18-26-20(25)19-15-9-5-7-11-17(15)34-21(19)27-18/h4,6,8,10H,2-3,5,7,9,11-13H2,1H3,(H2,25,26,27). The maximum atomic E-state index is 13.1. The molecule has 4 heterocycles. The Balaban J connectivity index is 1.39. The van der Waals surface area contributed by atoms with E-state index >= 15 is 0 Å². The molecule has 8 nitrogen and oxygen atoms in total. The van der Waals surface area contributed by atoms with E-state index in [0.717, 1.165) is 41.4 Å². The van der Waals surface area contributed by atoms with Gasteiger partial charge in [-0.2, -0.15) is 0 Å². The number of nitrogen functional groups attached to an aromatic ring is 1. The second-order valence-electron chi connectivity index (χ2n) is 8.65. The molecule has 1 aromatic carbocycles. The Morgan fingerprint density at radius 3 is 2.88 bits per heavy atom. The number of para-hydroxylation sites is 1. The molecule has 5 aromatic rings. The van der Waals surface area contributed by atoms with Crippen LogP contribution in [0.3, 0.4) is 0 Å². The van der Waals surface area contributed by atoms with E-state index in [1.165, 1.54) is 35.0 Å². The summed E-state index contributed by atoms with van der Waals surface area (Å²) >= 11 is 3.27. The smallest absolute Gasteiger partial charge is 0.262 e. The number of nitrogens with two attached hydrogens (primary N) is 1. The molecule has 6 rings (SSSR count). The Bertz CT molecular complexity index is 1600. The molecular formula is C24H25N7OS2. The van der Waals surface area contributed by atoms with E-state index in [-0.39, 0.29) is 5.56 Å². The number of aryl methyl sites for hydroxylation is 3. The fourth-order valence-electron chi connectivity index (χ4n) is 4.77. The largest absolute Gasteiger partial charge is 0.383 e. The zero-order chi connectivity index (χ0) is 23.2. The summed E-state index contributed by atoms with van der Waals surface area (Å²) in [6.07, 6.45) is 6.50. The number of fused-ring (bicyclic) bond motifs is 6. The molecule has 0 atom stereocenters. The normalized spacial score (nSPS) is 13.8. The van der Waals surface area contributed by atoms with E-state index in [1.54, 1.807) is 15.9 Å². The van der Waals surface area contributed by atoms with Crippen molar-refractivity contribution in [1.29, 1.82) is 0 Å². The second kappa shape index (κ2) is 8.66.